The average Bonchev–Trinajstić information content (AvgIpc) is 2.76. The lowest BCUT2D eigenvalue weighted by Gasteiger charge is -2.13. The molecule has 0 saturated carbocycles. The van der Waals surface area contributed by atoms with Crippen molar-refractivity contribution in [2.24, 2.45) is 4.99 Å². The number of nitrogens with one attached hydrogen (secondary N) is 3. The minimum atomic E-state index is -0.140. The Morgan fingerprint density at radius 1 is 1.03 bits per heavy atom. The van der Waals surface area contributed by atoms with Crippen LogP contribution in [0.3, 0.4) is 0 Å². The van der Waals surface area contributed by atoms with E-state index < -0.39 is 0 Å². The number of aryl methyl sites for hydroxylation is 1. The molecule has 7 heteroatoms. The second kappa shape index (κ2) is 12.4. The van der Waals surface area contributed by atoms with E-state index in [4.69, 9.17) is 9.47 Å². The van der Waals surface area contributed by atoms with Crippen LogP contribution in [0.5, 0.6) is 11.5 Å². The van der Waals surface area contributed by atoms with E-state index in [1.807, 2.05) is 39.0 Å². The summed E-state index contributed by atoms with van der Waals surface area (Å²) in [6.07, 6.45) is 0. The van der Waals surface area contributed by atoms with E-state index in [0.717, 1.165) is 23.4 Å². The Bertz CT molecular complexity index is 852. The van der Waals surface area contributed by atoms with Crippen LogP contribution in [-0.4, -0.2) is 45.2 Å². The third kappa shape index (κ3) is 7.31. The van der Waals surface area contributed by atoms with E-state index in [0.29, 0.717) is 43.5 Å². The highest BCUT2D eigenvalue weighted by Gasteiger charge is 2.07. The summed E-state index contributed by atoms with van der Waals surface area (Å²) in [5.74, 6) is 2.07. The predicted molar refractivity (Wildman–Crippen MR) is 120 cm³/mol. The van der Waals surface area contributed by atoms with Crippen LogP contribution >= 0.6 is 0 Å². The molecule has 3 N–H and O–H groups in total. The molecule has 2 rings (SSSR count). The van der Waals surface area contributed by atoms with Gasteiger partial charge in [0.25, 0.3) is 5.91 Å². The fraction of sp³-hybridized carbons (Fsp3) is 0.391. The van der Waals surface area contributed by atoms with Gasteiger partial charge in [-0.05, 0) is 50.6 Å². The van der Waals surface area contributed by atoms with Gasteiger partial charge in [-0.1, -0.05) is 18.2 Å². The van der Waals surface area contributed by atoms with Crippen molar-refractivity contribution in [3.05, 3.63) is 59.2 Å². The predicted octanol–water partition coefficient (Wildman–Crippen LogP) is 2.89. The molecule has 0 aliphatic carbocycles. The SMILES string of the molecule is CCNC(=NCc1ccc(C)cc1OCC)NCCNC(=O)c1cccc(OC)c1. The highest BCUT2D eigenvalue weighted by Crippen LogP contribution is 2.21. The molecule has 0 aromatic heterocycles. The first-order valence-electron chi connectivity index (χ1n) is 10.2. The normalized spacial score (nSPS) is 11.0. The van der Waals surface area contributed by atoms with Crippen LogP contribution in [0.4, 0.5) is 0 Å². The first-order valence-corrected chi connectivity index (χ1v) is 10.2. The number of ether oxygens (including phenoxy) is 2. The monoisotopic (exact) mass is 412 g/mol. The molecule has 0 saturated heterocycles. The second-order valence-electron chi connectivity index (χ2n) is 6.65. The first-order chi connectivity index (χ1) is 14.6. The maximum atomic E-state index is 12.3. The molecule has 30 heavy (non-hydrogen) atoms. The largest absolute Gasteiger partial charge is 0.497 e. The Balaban J connectivity index is 1.89. The van der Waals surface area contributed by atoms with Crippen LogP contribution in [0, 0.1) is 6.92 Å². The van der Waals surface area contributed by atoms with Gasteiger partial charge in [0.05, 0.1) is 20.3 Å². The van der Waals surface area contributed by atoms with Crippen LogP contribution in [0.15, 0.2) is 47.5 Å². The van der Waals surface area contributed by atoms with Gasteiger partial charge in [-0.2, -0.15) is 0 Å². The summed E-state index contributed by atoms with van der Waals surface area (Å²) in [7, 11) is 1.58. The van der Waals surface area contributed by atoms with Gasteiger partial charge in [-0.3, -0.25) is 4.79 Å². The van der Waals surface area contributed by atoms with Gasteiger partial charge in [0.15, 0.2) is 5.96 Å². The van der Waals surface area contributed by atoms with E-state index in [1.54, 1.807) is 25.3 Å². The summed E-state index contributed by atoms with van der Waals surface area (Å²) in [6.45, 7) is 8.91. The first kappa shape index (κ1) is 23.1. The Morgan fingerprint density at radius 3 is 2.57 bits per heavy atom. The van der Waals surface area contributed by atoms with Crippen molar-refractivity contribution in [2.45, 2.75) is 27.3 Å². The van der Waals surface area contributed by atoms with E-state index in [9.17, 15) is 4.79 Å². The molecule has 0 spiro atoms. The van der Waals surface area contributed by atoms with E-state index in [1.165, 1.54) is 0 Å². The van der Waals surface area contributed by atoms with Crippen LogP contribution in [0.1, 0.15) is 35.3 Å². The second-order valence-corrected chi connectivity index (χ2v) is 6.65. The van der Waals surface area contributed by atoms with Gasteiger partial charge in [0.1, 0.15) is 11.5 Å². The third-order valence-electron chi connectivity index (χ3n) is 4.31. The maximum absolute atomic E-state index is 12.3. The molecule has 162 valence electrons. The van der Waals surface area contributed by atoms with E-state index in [-0.39, 0.29) is 5.91 Å². The number of guanidine groups is 1. The number of hydrogen-bond donors (Lipinski definition) is 3. The van der Waals surface area contributed by atoms with E-state index >= 15 is 0 Å². The summed E-state index contributed by atoms with van der Waals surface area (Å²) in [5, 5.41) is 9.36. The molecule has 1 amide bonds. The molecular formula is C23H32N4O3. The topological polar surface area (TPSA) is 84.0 Å². The van der Waals surface area contributed by atoms with Gasteiger partial charge in [-0.15, -0.1) is 0 Å². The van der Waals surface area contributed by atoms with Gasteiger partial charge in [-0.25, -0.2) is 4.99 Å². The van der Waals surface area contributed by atoms with Crippen molar-refractivity contribution in [1.82, 2.24) is 16.0 Å². The van der Waals surface area contributed by atoms with Crippen LogP contribution < -0.4 is 25.4 Å². The van der Waals surface area contributed by atoms with Crippen molar-refractivity contribution in [3.8, 4) is 11.5 Å². The lowest BCUT2D eigenvalue weighted by molar-refractivity contribution is 0.0954. The van der Waals surface area contributed by atoms with Crippen molar-refractivity contribution >= 4 is 11.9 Å². The molecule has 0 aliphatic heterocycles. The Kier molecular flexibility index (Phi) is 9.51. The quantitative estimate of drug-likeness (QED) is 0.317. The summed E-state index contributed by atoms with van der Waals surface area (Å²) >= 11 is 0. The number of nitrogens with zero attached hydrogens (tertiary/aromatic N) is 1. The Morgan fingerprint density at radius 2 is 1.83 bits per heavy atom. The highest BCUT2D eigenvalue weighted by molar-refractivity contribution is 5.94. The van der Waals surface area contributed by atoms with Crippen molar-refractivity contribution < 1.29 is 14.3 Å². The fourth-order valence-electron chi connectivity index (χ4n) is 2.81. The van der Waals surface area contributed by atoms with Crippen molar-refractivity contribution in [1.29, 1.82) is 0 Å². The molecule has 0 fully saturated rings. The molecule has 2 aromatic rings. The molecule has 0 atom stereocenters. The fourth-order valence-corrected chi connectivity index (χ4v) is 2.81. The average molecular weight is 413 g/mol. The minimum absolute atomic E-state index is 0.140. The van der Waals surface area contributed by atoms with Crippen molar-refractivity contribution in [2.75, 3.05) is 33.4 Å². The number of amides is 1. The number of benzene rings is 2. The zero-order valence-electron chi connectivity index (χ0n) is 18.2. The number of carbonyl (C=O) groups excluding carboxylic acids is 1. The number of rotatable bonds is 10. The highest BCUT2D eigenvalue weighted by atomic mass is 16.5. The third-order valence-corrected chi connectivity index (χ3v) is 4.31. The smallest absolute Gasteiger partial charge is 0.251 e. The van der Waals surface area contributed by atoms with Gasteiger partial charge < -0.3 is 25.4 Å². The van der Waals surface area contributed by atoms with Gasteiger partial charge >= 0.3 is 0 Å². The summed E-state index contributed by atoms with van der Waals surface area (Å²) in [6, 6.07) is 13.2. The number of hydrogen-bond acceptors (Lipinski definition) is 4. The number of methoxy groups -OCH3 is 1. The molecular weight excluding hydrogens is 380 g/mol. The lowest BCUT2D eigenvalue weighted by atomic mass is 10.1. The van der Waals surface area contributed by atoms with Gasteiger partial charge in [0.2, 0.25) is 0 Å². The molecule has 0 aliphatic rings. The number of carbonyl (C=O) groups is 1. The zero-order valence-corrected chi connectivity index (χ0v) is 18.2. The summed E-state index contributed by atoms with van der Waals surface area (Å²) < 4.78 is 10.9. The van der Waals surface area contributed by atoms with Crippen LogP contribution in [0.25, 0.3) is 0 Å². The molecule has 2 aromatic carbocycles. The zero-order chi connectivity index (χ0) is 21.8. The molecule has 7 nitrogen and oxygen atoms in total. The maximum Gasteiger partial charge on any atom is 0.251 e. The van der Waals surface area contributed by atoms with E-state index in [2.05, 4.69) is 27.0 Å². The Labute approximate surface area is 178 Å². The molecule has 0 radical (unpaired) electrons. The van der Waals surface area contributed by atoms with Crippen LogP contribution in [-0.2, 0) is 6.54 Å². The van der Waals surface area contributed by atoms with Crippen molar-refractivity contribution in [3.63, 3.8) is 0 Å². The summed E-state index contributed by atoms with van der Waals surface area (Å²) in [4.78, 5) is 16.9. The molecule has 0 heterocycles. The van der Waals surface area contributed by atoms with Gasteiger partial charge in [0, 0.05) is 30.8 Å². The Hall–Kier alpha value is -3.22. The standard InChI is InChI=1S/C23H32N4O3/c1-5-24-23(27-16-19-11-10-17(3)14-21(19)30-6-2)26-13-12-25-22(28)18-8-7-9-20(15-18)29-4/h7-11,14-15H,5-6,12-13,16H2,1-4H3,(H,25,28)(H2,24,26,27). The van der Waals surface area contributed by atoms with Crippen LogP contribution in [0.2, 0.25) is 0 Å². The number of aliphatic imine (C=N–C) groups is 1. The molecule has 0 bridgehead atoms. The summed E-state index contributed by atoms with van der Waals surface area (Å²) in [5.41, 5.74) is 2.76. The lowest BCUT2D eigenvalue weighted by Crippen LogP contribution is -2.41. The minimum Gasteiger partial charge on any atom is -0.497 e. The molecule has 0 unspecified atom stereocenters.